The first-order valence-corrected chi connectivity index (χ1v) is 4.81. The molecule has 0 amide bonds. The van der Waals surface area contributed by atoms with Gasteiger partial charge < -0.3 is 5.32 Å². The lowest BCUT2D eigenvalue weighted by atomic mass is 10.4. The summed E-state index contributed by atoms with van der Waals surface area (Å²) in [5, 5.41) is 3.37. The van der Waals surface area contributed by atoms with Gasteiger partial charge in [0.15, 0.2) is 0 Å². The molecular formula is C8H9IN2. The predicted octanol–water partition coefficient (Wildman–Crippen LogP) is 2.26. The molecule has 0 aliphatic heterocycles. The average molecular weight is 260 g/mol. The summed E-state index contributed by atoms with van der Waals surface area (Å²) >= 11 is 2.30. The highest BCUT2D eigenvalue weighted by molar-refractivity contribution is 14.1. The molecule has 0 atom stereocenters. The molecule has 0 aromatic carbocycles. The smallest absolute Gasteiger partial charge is 0.139 e. The maximum atomic E-state index is 4.24. The van der Waals surface area contributed by atoms with Crippen molar-refractivity contribution in [3.05, 3.63) is 21.9 Å². The quantitative estimate of drug-likeness (QED) is 0.825. The van der Waals surface area contributed by atoms with Gasteiger partial charge >= 0.3 is 0 Å². The fraction of sp³-hybridized carbons (Fsp3) is 0.375. The van der Waals surface area contributed by atoms with E-state index in [1.54, 1.807) is 0 Å². The summed E-state index contributed by atoms with van der Waals surface area (Å²) in [4.78, 5) is 4.24. The lowest BCUT2D eigenvalue weighted by Gasteiger charge is -2.03. The van der Waals surface area contributed by atoms with Gasteiger partial charge in [-0.15, -0.1) is 0 Å². The van der Waals surface area contributed by atoms with Crippen molar-refractivity contribution in [3.8, 4) is 0 Å². The first-order chi connectivity index (χ1) is 5.36. The van der Waals surface area contributed by atoms with Gasteiger partial charge in [-0.05, 0) is 47.6 Å². The number of halogens is 1. The first kappa shape index (κ1) is 7.34. The van der Waals surface area contributed by atoms with Crippen molar-refractivity contribution < 1.29 is 0 Å². The summed E-state index contributed by atoms with van der Waals surface area (Å²) in [6, 6.07) is 4.72. The Hall–Kier alpha value is -0.320. The van der Waals surface area contributed by atoms with Gasteiger partial charge in [-0.3, -0.25) is 0 Å². The third-order valence-corrected chi connectivity index (χ3v) is 2.55. The van der Waals surface area contributed by atoms with Crippen LogP contribution < -0.4 is 5.32 Å². The number of pyridine rings is 1. The van der Waals surface area contributed by atoms with Crippen molar-refractivity contribution in [2.24, 2.45) is 0 Å². The zero-order valence-corrected chi connectivity index (χ0v) is 8.21. The minimum absolute atomic E-state index is 0.693. The molecule has 58 valence electrons. The van der Waals surface area contributed by atoms with Crippen LogP contribution in [0.4, 0.5) is 5.82 Å². The topological polar surface area (TPSA) is 24.9 Å². The number of nitrogens with zero attached hydrogens (tertiary/aromatic N) is 1. The van der Waals surface area contributed by atoms with Gasteiger partial charge in [0.25, 0.3) is 0 Å². The highest BCUT2D eigenvalue weighted by Crippen LogP contribution is 2.25. The molecule has 0 bridgehead atoms. The van der Waals surface area contributed by atoms with Crippen molar-refractivity contribution in [2.75, 3.05) is 5.32 Å². The third-order valence-electron chi connectivity index (χ3n) is 1.68. The maximum Gasteiger partial charge on any atom is 0.139 e. The molecule has 11 heavy (non-hydrogen) atoms. The molecule has 0 unspecified atom stereocenters. The number of anilines is 1. The fourth-order valence-corrected chi connectivity index (χ4v) is 1.42. The minimum atomic E-state index is 0.693. The van der Waals surface area contributed by atoms with Crippen molar-refractivity contribution in [1.29, 1.82) is 0 Å². The molecule has 1 fully saturated rings. The molecule has 0 saturated heterocycles. The predicted molar refractivity (Wildman–Crippen MR) is 53.6 cm³/mol. The van der Waals surface area contributed by atoms with Crippen LogP contribution in [-0.2, 0) is 0 Å². The van der Waals surface area contributed by atoms with E-state index < -0.39 is 0 Å². The molecule has 0 spiro atoms. The molecule has 1 N–H and O–H groups in total. The summed E-state index contributed by atoms with van der Waals surface area (Å²) in [6.45, 7) is 0. The zero-order valence-electron chi connectivity index (χ0n) is 6.05. The van der Waals surface area contributed by atoms with Crippen LogP contribution in [0.25, 0.3) is 0 Å². The number of nitrogens with one attached hydrogen (secondary N) is 1. The molecule has 1 aromatic rings. The van der Waals surface area contributed by atoms with Gasteiger partial charge in [0.1, 0.15) is 5.82 Å². The van der Waals surface area contributed by atoms with E-state index in [4.69, 9.17) is 0 Å². The second-order valence-corrected chi connectivity index (χ2v) is 3.91. The molecule has 1 heterocycles. The van der Waals surface area contributed by atoms with E-state index in [0.717, 1.165) is 5.82 Å². The van der Waals surface area contributed by atoms with Crippen LogP contribution in [0.5, 0.6) is 0 Å². The van der Waals surface area contributed by atoms with Crippen molar-refractivity contribution in [1.82, 2.24) is 4.98 Å². The largest absolute Gasteiger partial charge is 0.366 e. The normalized spacial score (nSPS) is 16.5. The van der Waals surface area contributed by atoms with Crippen molar-refractivity contribution >= 4 is 28.4 Å². The van der Waals surface area contributed by atoms with Crippen LogP contribution in [0.3, 0.4) is 0 Å². The van der Waals surface area contributed by atoms with E-state index in [9.17, 15) is 0 Å². The number of hydrogen-bond donors (Lipinski definition) is 1. The second kappa shape index (κ2) is 2.97. The van der Waals surface area contributed by atoms with Gasteiger partial charge in [0.05, 0.1) is 3.57 Å². The van der Waals surface area contributed by atoms with E-state index in [2.05, 4.69) is 39.0 Å². The summed E-state index contributed by atoms with van der Waals surface area (Å²) < 4.78 is 1.21. The Morgan fingerprint density at radius 1 is 1.55 bits per heavy atom. The first-order valence-electron chi connectivity index (χ1n) is 3.73. The monoisotopic (exact) mass is 260 g/mol. The Morgan fingerprint density at radius 2 is 2.36 bits per heavy atom. The Morgan fingerprint density at radius 3 is 3.00 bits per heavy atom. The molecule has 1 aliphatic rings. The van der Waals surface area contributed by atoms with Gasteiger partial charge in [-0.1, -0.05) is 0 Å². The number of rotatable bonds is 2. The standard InChI is InChI=1S/C8H9IN2/c9-7-2-1-5-10-8(7)11-6-3-4-6/h1-2,5-6H,3-4H2,(H,10,11). The minimum Gasteiger partial charge on any atom is -0.366 e. The number of hydrogen-bond acceptors (Lipinski definition) is 2. The van der Waals surface area contributed by atoms with Crippen molar-refractivity contribution in [2.45, 2.75) is 18.9 Å². The molecule has 2 nitrogen and oxygen atoms in total. The van der Waals surface area contributed by atoms with Crippen LogP contribution in [0, 0.1) is 3.57 Å². The fourth-order valence-electron chi connectivity index (χ4n) is 0.913. The Kier molecular flexibility index (Phi) is 1.98. The van der Waals surface area contributed by atoms with Gasteiger partial charge in [-0.25, -0.2) is 4.98 Å². The Balaban J connectivity index is 2.15. The van der Waals surface area contributed by atoms with Crippen LogP contribution in [0.1, 0.15) is 12.8 Å². The van der Waals surface area contributed by atoms with Gasteiger partial charge in [-0.2, -0.15) is 0 Å². The summed E-state index contributed by atoms with van der Waals surface area (Å²) in [7, 11) is 0. The SMILES string of the molecule is Ic1cccnc1NC1CC1. The third kappa shape index (κ3) is 1.83. The average Bonchev–Trinajstić information content (AvgIpc) is 2.78. The van der Waals surface area contributed by atoms with Crippen molar-refractivity contribution in [3.63, 3.8) is 0 Å². The van der Waals surface area contributed by atoms with E-state index in [-0.39, 0.29) is 0 Å². The van der Waals surface area contributed by atoms with E-state index in [0.29, 0.717) is 6.04 Å². The lowest BCUT2D eigenvalue weighted by molar-refractivity contribution is 1.11. The molecule has 1 aliphatic carbocycles. The summed E-state index contributed by atoms with van der Waals surface area (Å²) in [5.74, 6) is 1.04. The Bertz CT molecular complexity index is 258. The molecule has 1 saturated carbocycles. The van der Waals surface area contributed by atoms with Gasteiger partial charge in [0.2, 0.25) is 0 Å². The second-order valence-electron chi connectivity index (χ2n) is 2.75. The van der Waals surface area contributed by atoms with E-state index in [1.807, 2.05) is 12.3 Å². The van der Waals surface area contributed by atoms with E-state index >= 15 is 0 Å². The highest BCUT2D eigenvalue weighted by atomic mass is 127. The van der Waals surface area contributed by atoms with Crippen LogP contribution in [0.15, 0.2) is 18.3 Å². The summed E-state index contributed by atoms with van der Waals surface area (Å²) in [5.41, 5.74) is 0. The maximum absolute atomic E-state index is 4.24. The Labute approximate surface area is 79.6 Å². The molecule has 2 rings (SSSR count). The van der Waals surface area contributed by atoms with Crippen LogP contribution >= 0.6 is 22.6 Å². The zero-order chi connectivity index (χ0) is 7.68. The number of aromatic nitrogens is 1. The highest BCUT2D eigenvalue weighted by Gasteiger charge is 2.21. The van der Waals surface area contributed by atoms with Gasteiger partial charge in [0, 0.05) is 12.2 Å². The van der Waals surface area contributed by atoms with E-state index in [1.165, 1.54) is 16.4 Å². The molecular weight excluding hydrogens is 251 g/mol. The molecule has 1 aromatic heterocycles. The molecule has 3 heteroatoms. The lowest BCUT2D eigenvalue weighted by Crippen LogP contribution is -2.04. The summed E-state index contributed by atoms with van der Waals surface area (Å²) in [6.07, 6.45) is 4.42. The van der Waals surface area contributed by atoms with Crippen LogP contribution in [0.2, 0.25) is 0 Å². The van der Waals surface area contributed by atoms with Crippen LogP contribution in [-0.4, -0.2) is 11.0 Å². The molecule has 0 radical (unpaired) electrons.